The molecule has 4 heterocycles. The van der Waals surface area contributed by atoms with Crippen molar-refractivity contribution in [1.29, 1.82) is 0 Å². The van der Waals surface area contributed by atoms with E-state index in [-0.39, 0.29) is 17.7 Å². The molecule has 0 bridgehead atoms. The van der Waals surface area contributed by atoms with Crippen LogP contribution >= 0.6 is 23.5 Å². The fourth-order valence-electron chi connectivity index (χ4n) is 5.48. The molecule has 2 aliphatic rings. The van der Waals surface area contributed by atoms with Crippen LogP contribution < -0.4 is 15.8 Å². The van der Waals surface area contributed by atoms with Crippen molar-refractivity contribution >= 4 is 34.9 Å². The summed E-state index contributed by atoms with van der Waals surface area (Å²) >= 11 is 3.63. The first-order valence-corrected chi connectivity index (χ1v) is 16.1. The molecule has 9 heteroatoms. The number of aromatic amines is 1. The zero-order valence-corrected chi connectivity index (χ0v) is 25.9. The van der Waals surface area contributed by atoms with Gasteiger partial charge in [-0.05, 0) is 94.0 Å². The van der Waals surface area contributed by atoms with Gasteiger partial charge in [-0.3, -0.25) is 9.78 Å². The first-order valence-electron chi connectivity index (χ1n) is 14.5. The van der Waals surface area contributed by atoms with Gasteiger partial charge in [0.2, 0.25) is 0 Å². The monoisotopic (exact) mass is 599 g/mol. The molecule has 2 atom stereocenters. The topological polar surface area (TPSA) is 73.5 Å². The summed E-state index contributed by atoms with van der Waals surface area (Å²) in [6.45, 7) is 5.05. The molecule has 2 aromatic heterocycles. The molecule has 7 nitrogen and oxygen atoms in total. The number of hydrogen-bond acceptors (Lipinski definition) is 8. The van der Waals surface area contributed by atoms with Crippen LogP contribution in [0.1, 0.15) is 41.8 Å². The van der Waals surface area contributed by atoms with Crippen LogP contribution in [0.5, 0.6) is 0 Å². The number of morpholine rings is 1. The maximum atomic E-state index is 12.4. The van der Waals surface area contributed by atoms with Crippen molar-refractivity contribution in [2.45, 2.75) is 51.5 Å². The Labute approximate surface area is 256 Å². The molecule has 2 aliphatic heterocycles. The molecule has 0 radical (unpaired) electrons. The molecule has 1 saturated heterocycles. The molecule has 6 rings (SSSR count). The molecule has 1 fully saturated rings. The molecule has 0 saturated carbocycles. The smallest absolute Gasteiger partial charge is 0.271 e. The summed E-state index contributed by atoms with van der Waals surface area (Å²) in [7, 11) is 4.24. The summed E-state index contributed by atoms with van der Waals surface area (Å²) in [6, 6.07) is 21.4. The zero-order chi connectivity index (χ0) is 29.1. The molecule has 0 aliphatic carbocycles. The lowest BCUT2D eigenvalue weighted by Gasteiger charge is -2.35. The van der Waals surface area contributed by atoms with Gasteiger partial charge in [0.25, 0.3) is 5.56 Å². The van der Waals surface area contributed by atoms with Crippen molar-refractivity contribution in [3.8, 4) is 0 Å². The molecule has 2 aromatic carbocycles. The van der Waals surface area contributed by atoms with Crippen molar-refractivity contribution < 1.29 is 4.74 Å². The van der Waals surface area contributed by atoms with Gasteiger partial charge in [-0.2, -0.15) is 0 Å². The predicted molar refractivity (Wildman–Crippen MR) is 172 cm³/mol. The normalized spacial score (nSPS) is 17.0. The van der Waals surface area contributed by atoms with Gasteiger partial charge in [-0.25, -0.2) is 0 Å². The molecule has 2 N–H and O–H groups in total. The number of nitrogens with zero attached hydrogens (tertiary/aromatic N) is 3. The van der Waals surface area contributed by atoms with E-state index in [2.05, 4.69) is 89.7 Å². The quantitative estimate of drug-likeness (QED) is 0.192. The highest BCUT2D eigenvalue weighted by molar-refractivity contribution is 8.05. The largest absolute Gasteiger partial charge is 0.377 e. The third-order valence-corrected chi connectivity index (χ3v) is 10.3. The number of H-pyrrole nitrogens is 1. The summed E-state index contributed by atoms with van der Waals surface area (Å²) in [5.41, 5.74) is 5.18. The van der Waals surface area contributed by atoms with Crippen molar-refractivity contribution in [1.82, 2.24) is 14.9 Å². The highest BCUT2D eigenvalue weighted by Crippen LogP contribution is 2.52. The zero-order valence-electron chi connectivity index (χ0n) is 24.3. The maximum Gasteiger partial charge on any atom is 0.271 e. The van der Waals surface area contributed by atoms with Crippen molar-refractivity contribution in [2.75, 3.05) is 50.6 Å². The van der Waals surface area contributed by atoms with E-state index in [1.54, 1.807) is 6.20 Å². The molecule has 2 unspecified atom stereocenters. The molecule has 4 aromatic rings. The minimum absolute atomic E-state index is 0.0605. The van der Waals surface area contributed by atoms with Crippen LogP contribution in [-0.2, 0) is 4.74 Å². The van der Waals surface area contributed by atoms with Gasteiger partial charge < -0.3 is 24.8 Å². The van der Waals surface area contributed by atoms with E-state index in [0.717, 1.165) is 30.8 Å². The first-order chi connectivity index (χ1) is 20.4. The Kier molecular flexibility index (Phi) is 8.90. The van der Waals surface area contributed by atoms with Crippen molar-refractivity contribution in [2.24, 2.45) is 0 Å². The Balaban J connectivity index is 1.20. The lowest BCUT2D eigenvalue weighted by molar-refractivity contribution is 0.0378. The third kappa shape index (κ3) is 6.54. The minimum Gasteiger partial charge on any atom is -0.377 e. The summed E-state index contributed by atoms with van der Waals surface area (Å²) in [5, 5.41) is 3.79. The lowest BCUT2D eigenvalue weighted by Crippen LogP contribution is -2.41. The average Bonchev–Trinajstić information content (AvgIpc) is 3.00. The number of aromatic nitrogens is 2. The number of nitrogens with one attached hydrogen (secondary N) is 2. The molecular formula is C33H37N5O2S2. The maximum absolute atomic E-state index is 12.4. The molecular weight excluding hydrogens is 563 g/mol. The number of anilines is 2. The van der Waals surface area contributed by atoms with Gasteiger partial charge in [-0.1, -0.05) is 41.7 Å². The number of rotatable bonds is 9. The van der Waals surface area contributed by atoms with E-state index in [0.29, 0.717) is 25.4 Å². The second-order valence-corrected chi connectivity index (χ2v) is 13.3. The van der Waals surface area contributed by atoms with E-state index in [4.69, 9.17) is 9.72 Å². The lowest BCUT2D eigenvalue weighted by atomic mass is 10.1. The second-order valence-electron chi connectivity index (χ2n) is 11.1. The predicted octanol–water partition coefficient (Wildman–Crippen LogP) is 6.77. The average molecular weight is 600 g/mol. The van der Waals surface area contributed by atoms with Gasteiger partial charge in [0, 0.05) is 50.8 Å². The second kappa shape index (κ2) is 13.0. The van der Waals surface area contributed by atoms with Gasteiger partial charge in [-0.15, -0.1) is 0 Å². The Hall–Kier alpha value is -3.24. The summed E-state index contributed by atoms with van der Waals surface area (Å²) in [6.07, 6.45) is 5.62. The highest BCUT2D eigenvalue weighted by atomic mass is 32.2. The van der Waals surface area contributed by atoms with Crippen molar-refractivity contribution in [3.63, 3.8) is 0 Å². The number of benzene rings is 2. The Bertz CT molecular complexity index is 1590. The number of aryl methyl sites for hydroxylation is 1. The van der Waals surface area contributed by atoms with E-state index in [1.165, 1.54) is 30.7 Å². The number of fused-ring (bicyclic) bond motifs is 2. The molecule has 42 heavy (non-hydrogen) atoms. The standard InChI is InChI=1S/C33H37N5O2S2/c1-22-11-13-25(35-20-22)26(8-6-16-37(2)3)36-23-12-14-29-31(19-23)41-30-10-4-7-24(32(30)42-29)28-21-38(17-18-40-28)27-9-5-15-34-33(27)39/h4-5,7,9-15,19-20,26,28,36H,6,8,16-18,21H2,1-3H3,(H,34,39). The van der Waals surface area contributed by atoms with Crippen LogP contribution in [0, 0.1) is 6.92 Å². The first kappa shape index (κ1) is 28.9. The SMILES string of the molecule is Cc1ccc(C(CCCN(C)C)Nc2ccc3c(c2)Sc2cccc(C4CN(c5ccc[nH]c5=O)CCO4)c2S3)nc1. The van der Waals surface area contributed by atoms with Crippen LogP contribution in [0.3, 0.4) is 0 Å². The van der Waals surface area contributed by atoms with Gasteiger partial charge >= 0.3 is 0 Å². The van der Waals surface area contributed by atoms with Crippen LogP contribution in [0.2, 0.25) is 0 Å². The summed E-state index contributed by atoms with van der Waals surface area (Å²) < 4.78 is 6.27. The fraction of sp³-hybridized carbons (Fsp3) is 0.333. The third-order valence-electron chi connectivity index (χ3n) is 7.67. The van der Waals surface area contributed by atoms with E-state index < -0.39 is 0 Å². The van der Waals surface area contributed by atoms with E-state index >= 15 is 0 Å². The molecule has 218 valence electrons. The van der Waals surface area contributed by atoms with Crippen molar-refractivity contribution in [3.05, 3.63) is 100 Å². The summed E-state index contributed by atoms with van der Waals surface area (Å²) in [4.78, 5) is 29.3. The van der Waals surface area contributed by atoms with Crippen LogP contribution in [0.4, 0.5) is 11.4 Å². The van der Waals surface area contributed by atoms with Crippen LogP contribution in [-0.4, -0.2) is 55.2 Å². The highest BCUT2D eigenvalue weighted by Gasteiger charge is 2.29. The van der Waals surface area contributed by atoms with Gasteiger partial charge in [0.15, 0.2) is 0 Å². The van der Waals surface area contributed by atoms with E-state index in [1.807, 2.05) is 41.9 Å². The Morgan fingerprint density at radius 3 is 2.81 bits per heavy atom. The van der Waals surface area contributed by atoms with Crippen LogP contribution in [0.15, 0.2) is 97.4 Å². The molecule has 0 spiro atoms. The fourth-order valence-corrected chi connectivity index (χ4v) is 7.93. The Morgan fingerprint density at radius 1 is 1.10 bits per heavy atom. The van der Waals surface area contributed by atoms with Gasteiger partial charge in [0.05, 0.1) is 18.3 Å². The summed E-state index contributed by atoms with van der Waals surface area (Å²) in [5.74, 6) is 0. The molecule has 0 amide bonds. The number of ether oxygens (including phenoxy) is 1. The van der Waals surface area contributed by atoms with Crippen LogP contribution in [0.25, 0.3) is 0 Å². The Morgan fingerprint density at radius 2 is 2.00 bits per heavy atom. The number of hydrogen-bond donors (Lipinski definition) is 2. The number of pyridine rings is 2. The minimum atomic E-state index is -0.103. The van der Waals surface area contributed by atoms with E-state index in [9.17, 15) is 4.79 Å². The van der Waals surface area contributed by atoms with Gasteiger partial charge in [0.1, 0.15) is 11.8 Å².